The summed E-state index contributed by atoms with van der Waals surface area (Å²) in [5.74, 6) is 0.130. The average Bonchev–Trinajstić information content (AvgIpc) is 2.82. The number of aryl methyl sites for hydroxylation is 1. The summed E-state index contributed by atoms with van der Waals surface area (Å²) >= 11 is 0. The number of carbonyl (C=O) groups is 1. The summed E-state index contributed by atoms with van der Waals surface area (Å²) in [4.78, 5) is 16.6. The number of rotatable bonds is 4. The highest BCUT2D eigenvalue weighted by molar-refractivity contribution is 5.96. The van der Waals surface area contributed by atoms with Crippen LogP contribution in [-0.4, -0.2) is 24.0 Å². The van der Waals surface area contributed by atoms with Crippen molar-refractivity contribution in [2.45, 2.75) is 33.1 Å². The minimum absolute atomic E-state index is 0.130. The summed E-state index contributed by atoms with van der Waals surface area (Å²) in [6.07, 6.45) is 6.34. The molecule has 18 heavy (non-hydrogen) atoms. The molecule has 0 aromatic carbocycles. The molecule has 4 heteroatoms. The van der Waals surface area contributed by atoms with Crippen molar-refractivity contribution in [3.8, 4) is 0 Å². The second-order valence-corrected chi connectivity index (χ2v) is 5.10. The standard InChI is InChI=1S/C14H21N3O/c1-3-5-14(6-8-16-10-14)13(18)17-12-9-15-7-4-11(12)2/h4,7,9,16H,3,5-6,8,10H2,1-2H3,(H,17,18). The molecule has 1 aromatic rings. The number of nitrogens with one attached hydrogen (secondary N) is 2. The van der Waals surface area contributed by atoms with Crippen molar-refractivity contribution >= 4 is 11.6 Å². The molecule has 1 atom stereocenters. The SMILES string of the molecule is CCCC1(C(=O)Nc2cnccc2C)CCNC1. The van der Waals surface area contributed by atoms with Crippen LogP contribution in [0.2, 0.25) is 0 Å². The van der Waals surface area contributed by atoms with E-state index in [0.717, 1.165) is 43.6 Å². The highest BCUT2D eigenvalue weighted by Gasteiger charge is 2.40. The minimum Gasteiger partial charge on any atom is -0.324 e. The van der Waals surface area contributed by atoms with E-state index in [0.29, 0.717) is 0 Å². The van der Waals surface area contributed by atoms with Gasteiger partial charge in [0.2, 0.25) is 5.91 Å². The first-order valence-corrected chi connectivity index (χ1v) is 6.61. The maximum Gasteiger partial charge on any atom is 0.231 e. The quantitative estimate of drug-likeness (QED) is 0.856. The zero-order valence-electron chi connectivity index (χ0n) is 11.1. The third kappa shape index (κ3) is 2.53. The van der Waals surface area contributed by atoms with E-state index in [-0.39, 0.29) is 11.3 Å². The van der Waals surface area contributed by atoms with Crippen LogP contribution in [0.15, 0.2) is 18.5 Å². The number of aromatic nitrogens is 1. The van der Waals surface area contributed by atoms with Crippen molar-refractivity contribution in [1.82, 2.24) is 10.3 Å². The molecule has 98 valence electrons. The third-order valence-corrected chi connectivity index (χ3v) is 3.74. The van der Waals surface area contributed by atoms with Crippen molar-refractivity contribution in [2.24, 2.45) is 5.41 Å². The van der Waals surface area contributed by atoms with E-state index >= 15 is 0 Å². The van der Waals surface area contributed by atoms with Crippen LogP contribution >= 0.6 is 0 Å². The molecule has 1 aromatic heterocycles. The molecule has 0 aliphatic carbocycles. The van der Waals surface area contributed by atoms with Gasteiger partial charge in [0.25, 0.3) is 0 Å². The van der Waals surface area contributed by atoms with Gasteiger partial charge in [0.1, 0.15) is 0 Å². The van der Waals surface area contributed by atoms with Crippen LogP contribution < -0.4 is 10.6 Å². The van der Waals surface area contributed by atoms with E-state index in [1.807, 2.05) is 13.0 Å². The zero-order chi connectivity index (χ0) is 13.0. The van der Waals surface area contributed by atoms with Crippen molar-refractivity contribution in [3.63, 3.8) is 0 Å². The molecule has 1 aliphatic rings. The zero-order valence-corrected chi connectivity index (χ0v) is 11.1. The van der Waals surface area contributed by atoms with Crippen LogP contribution in [-0.2, 0) is 4.79 Å². The fourth-order valence-electron chi connectivity index (χ4n) is 2.59. The van der Waals surface area contributed by atoms with E-state index in [9.17, 15) is 4.79 Å². The van der Waals surface area contributed by atoms with E-state index in [4.69, 9.17) is 0 Å². The maximum atomic E-state index is 12.5. The Balaban J connectivity index is 2.13. The summed E-state index contributed by atoms with van der Waals surface area (Å²) in [6, 6.07) is 1.91. The average molecular weight is 247 g/mol. The van der Waals surface area contributed by atoms with Crippen molar-refractivity contribution in [1.29, 1.82) is 0 Å². The molecule has 0 saturated carbocycles. The molecule has 2 N–H and O–H groups in total. The molecule has 0 spiro atoms. The molecule has 0 radical (unpaired) electrons. The Morgan fingerprint density at radius 1 is 1.61 bits per heavy atom. The summed E-state index contributed by atoms with van der Waals surface area (Å²) in [7, 11) is 0. The van der Waals surface area contributed by atoms with Gasteiger partial charge >= 0.3 is 0 Å². The molecule has 0 bridgehead atoms. The number of pyridine rings is 1. The Kier molecular flexibility index (Phi) is 3.97. The van der Waals surface area contributed by atoms with E-state index in [1.165, 1.54) is 0 Å². The first-order chi connectivity index (χ1) is 8.68. The minimum atomic E-state index is -0.239. The lowest BCUT2D eigenvalue weighted by atomic mass is 9.81. The molecule has 2 rings (SSSR count). The predicted molar refractivity (Wildman–Crippen MR) is 72.4 cm³/mol. The molecule has 1 aliphatic heterocycles. The van der Waals surface area contributed by atoms with Gasteiger partial charge in [0.05, 0.1) is 17.3 Å². The highest BCUT2D eigenvalue weighted by atomic mass is 16.2. The Bertz CT molecular complexity index is 425. The monoisotopic (exact) mass is 247 g/mol. The summed E-state index contributed by atoms with van der Waals surface area (Å²) in [5.41, 5.74) is 1.64. The van der Waals surface area contributed by atoms with Crippen LogP contribution in [0, 0.1) is 12.3 Å². The van der Waals surface area contributed by atoms with Crippen LogP contribution in [0.25, 0.3) is 0 Å². The fourth-order valence-corrected chi connectivity index (χ4v) is 2.59. The topological polar surface area (TPSA) is 54.0 Å². The van der Waals surface area contributed by atoms with E-state index in [1.54, 1.807) is 12.4 Å². The van der Waals surface area contributed by atoms with E-state index < -0.39 is 0 Å². The Labute approximate surface area is 108 Å². The molecule has 1 fully saturated rings. The Morgan fingerprint density at radius 2 is 2.44 bits per heavy atom. The van der Waals surface area contributed by atoms with Gasteiger partial charge in [-0.25, -0.2) is 0 Å². The predicted octanol–water partition coefficient (Wildman–Crippen LogP) is 2.11. The van der Waals surface area contributed by atoms with Gasteiger partial charge in [-0.15, -0.1) is 0 Å². The molecule has 2 heterocycles. The number of anilines is 1. The molecule has 1 unspecified atom stereocenters. The maximum absolute atomic E-state index is 12.5. The van der Waals surface area contributed by atoms with Crippen molar-refractivity contribution < 1.29 is 4.79 Å². The summed E-state index contributed by atoms with van der Waals surface area (Å²) in [5, 5.41) is 6.34. The fraction of sp³-hybridized carbons (Fsp3) is 0.571. The lowest BCUT2D eigenvalue weighted by Gasteiger charge is -2.26. The summed E-state index contributed by atoms with van der Waals surface area (Å²) in [6.45, 7) is 5.82. The van der Waals surface area contributed by atoms with Gasteiger partial charge in [-0.3, -0.25) is 9.78 Å². The largest absolute Gasteiger partial charge is 0.324 e. The number of carbonyl (C=O) groups excluding carboxylic acids is 1. The van der Waals surface area contributed by atoms with E-state index in [2.05, 4.69) is 22.5 Å². The van der Waals surface area contributed by atoms with Gasteiger partial charge in [0.15, 0.2) is 0 Å². The Morgan fingerprint density at radius 3 is 3.06 bits per heavy atom. The lowest BCUT2D eigenvalue weighted by molar-refractivity contribution is -0.125. The Hall–Kier alpha value is -1.42. The summed E-state index contributed by atoms with van der Waals surface area (Å²) < 4.78 is 0. The molecular weight excluding hydrogens is 226 g/mol. The van der Waals surface area contributed by atoms with Crippen molar-refractivity contribution in [3.05, 3.63) is 24.0 Å². The first-order valence-electron chi connectivity index (χ1n) is 6.61. The first kappa shape index (κ1) is 13.0. The van der Waals surface area contributed by atoms with Crippen molar-refractivity contribution in [2.75, 3.05) is 18.4 Å². The normalized spacial score (nSPS) is 23.0. The number of hydrogen-bond acceptors (Lipinski definition) is 3. The highest BCUT2D eigenvalue weighted by Crippen LogP contribution is 2.32. The molecule has 4 nitrogen and oxygen atoms in total. The van der Waals surface area contributed by atoms with Gasteiger partial charge in [-0.1, -0.05) is 13.3 Å². The van der Waals surface area contributed by atoms with Gasteiger partial charge in [-0.05, 0) is 37.9 Å². The van der Waals surface area contributed by atoms with Gasteiger partial charge < -0.3 is 10.6 Å². The lowest BCUT2D eigenvalue weighted by Crippen LogP contribution is -2.38. The second kappa shape index (κ2) is 5.48. The van der Waals surface area contributed by atoms with Crippen LogP contribution in [0.4, 0.5) is 5.69 Å². The van der Waals surface area contributed by atoms with Crippen LogP contribution in [0.3, 0.4) is 0 Å². The second-order valence-electron chi connectivity index (χ2n) is 5.10. The molecular formula is C14H21N3O. The number of amides is 1. The smallest absolute Gasteiger partial charge is 0.231 e. The van der Waals surface area contributed by atoms with Gasteiger partial charge in [0, 0.05) is 12.7 Å². The third-order valence-electron chi connectivity index (χ3n) is 3.74. The van der Waals surface area contributed by atoms with Gasteiger partial charge in [-0.2, -0.15) is 0 Å². The van der Waals surface area contributed by atoms with Crippen LogP contribution in [0.5, 0.6) is 0 Å². The molecule has 1 saturated heterocycles. The van der Waals surface area contributed by atoms with Crippen LogP contribution in [0.1, 0.15) is 31.7 Å². The number of nitrogens with zero attached hydrogens (tertiary/aromatic N) is 1. The number of hydrogen-bond donors (Lipinski definition) is 2. The molecule has 1 amide bonds.